The number of rotatable bonds is 2. The summed E-state index contributed by atoms with van der Waals surface area (Å²) >= 11 is 3.39. The molecule has 1 fully saturated rings. The number of benzene rings is 1. The van der Waals surface area contributed by atoms with Crippen LogP contribution in [0, 0.1) is 0 Å². The Labute approximate surface area is 109 Å². The van der Waals surface area contributed by atoms with Crippen molar-refractivity contribution in [3.8, 4) is 5.75 Å². The molecular weight excluding hydrogens is 284 g/mol. The second-order valence-electron chi connectivity index (χ2n) is 3.97. The molecule has 1 heterocycles. The van der Waals surface area contributed by atoms with Crippen LogP contribution in [0.5, 0.6) is 5.75 Å². The predicted octanol–water partition coefficient (Wildman–Crippen LogP) is 3.09. The first-order valence-corrected chi connectivity index (χ1v) is 6.39. The number of urea groups is 1. The van der Waals surface area contributed by atoms with Crippen LogP contribution in [0.4, 0.5) is 10.5 Å². The van der Waals surface area contributed by atoms with Gasteiger partial charge in [-0.1, -0.05) is 0 Å². The second kappa shape index (κ2) is 5.40. The highest BCUT2D eigenvalue weighted by Crippen LogP contribution is 2.27. The molecule has 2 amide bonds. The lowest BCUT2D eigenvalue weighted by atomic mass is 10.3. The van der Waals surface area contributed by atoms with E-state index in [4.69, 9.17) is 4.74 Å². The maximum atomic E-state index is 11.8. The van der Waals surface area contributed by atoms with Gasteiger partial charge < -0.3 is 15.0 Å². The van der Waals surface area contributed by atoms with Crippen LogP contribution < -0.4 is 10.1 Å². The topological polar surface area (TPSA) is 41.6 Å². The average molecular weight is 299 g/mol. The van der Waals surface area contributed by atoms with Gasteiger partial charge in [0.15, 0.2) is 0 Å². The molecule has 0 spiro atoms. The van der Waals surface area contributed by atoms with Crippen LogP contribution in [0.3, 0.4) is 0 Å². The Morgan fingerprint density at radius 2 is 2.12 bits per heavy atom. The highest BCUT2D eigenvalue weighted by atomic mass is 79.9. The van der Waals surface area contributed by atoms with Crippen LogP contribution in [0.25, 0.3) is 0 Å². The second-order valence-corrected chi connectivity index (χ2v) is 4.83. The molecule has 5 heteroatoms. The molecule has 1 aromatic carbocycles. The minimum Gasteiger partial charge on any atom is -0.496 e. The number of hydrogen-bond donors (Lipinski definition) is 1. The number of hydrogen-bond acceptors (Lipinski definition) is 2. The van der Waals surface area contributed by atoms with Crippen molar-refractivity contribution in [3.63, 3.8) is 0 Å². The van der Waals surface area contributed by atoms with E-state index in [0.717, 1.165) is 41.8 Å². The predicted molar refractivity (Wildman–Crippen MR) is 70.5 cm³/mol. The van der Waals surface area contributed by atoms with Gasteiger partial charge in [0, 0.05) is 18.8 Å². The van der Waals surface area contributed by atoms with Crippen molar-refractivity contribution < 1.29 is 9.53 Å². The van der Waals surface area contributed by atoms with Crippen LogP contribution in [-0.2, 0) is 0 Å². The molecule has 0 unspecified atom stereocenters. The summed E-state index contributed by atoms with van der Waals surface area (Å²) in [6, 6.07) is 5.47. The van der Waals surface area contributed by atoms with Crippen molar-refractivity contribution in [2.45, 2.75) is 12.8 Å². The van der Waals surface area contributed by atoms with E-state index in [9.17, 15) is 4.79 Å². The molecule has 0 bridgehead atoms. The van der Waals surface area contributed by atoms with Gasteiger partial charge in [-0.05, 0) is 47.0 Å². The van der Waals surface area contributed by atoms with Gasteiger partial charge >= 0.3 is 6.03 Å². The molecule has 2 rings (SSSR count). The number of nitrogens with zero attached hydrogens (tertiary/aromatic N) is 1. The lowest BCUT2D eigenvalue weighted by Crippen LogP contribution is -2.32. The smallest absolute Gasteiger partial charge is 0.321 e. The van der Waals surface area contributed by atoms with Crippen molar-refractivity contribution in [1.82, 2.24) is 4.90 Å². The van der Waals surface area contributed by atoms with Gasteiger partial charge in [0.05, 0.1) is 11.6 Å². The summed E-state index contributed by atoms with van der Waals surface area (Å²) in [5.41, 5.74) is 0.773. The number of ether oxygens (including phenoxy) is 1. The van der Waals surface area contributed by atoms with Crippen LogP contribution in [0.2, 0.25) is 0 Å². The maximum Gasteiger partial charge on any atom is 0.321 e. The number of amides is 2. The molecule has 1 aliphatic rings. The van der Waals surface area contributed by atoms with Crippen LogP contribution >= 0.6 is 15.9 Å². The normalized spacial score (nSPS) is 14.8. The van der Waals surface area contributed by atoms with Gasteiger partial charge in [0.2, 0.25) is 0 Å². The van der Waals surface area contributed by atoms with E-state index in [1.807, 2.05) is 23.1 Å². The summed E-state index contributed by atoms with van der Waals surface area (Å²) in [5.74, 6) is 0.754. The van der Waals surface area contributed by atoms with Crippen molar-refractivity contribution >= 4 is 27.6 Å². The zero-order valence-electron chi connectivity index (χ0n) is 9.70. The average Bonchev–Trinajstić information content (AvgIpc) is 2.82. The SMILES string of the molecule is COc1ccc(NC(=O)N2CCCC2)cc1Br. The Hall–Kier alpha value is -1.23. The Morgan fingerprint density at radius 1 is 1.41 bits per heavy atom. The molecule has 0 aromatic heterocycles. The molecule has 0 radical (unpaired) electrons. The molecule has 1 aromatic rings. The molecule has 0 aliphatic carbocycles. The third-order valence-electron chi connectivity index (χ3n) is 2.80. The number of methoxy groups -OCH3 is 1. The molecule has 92 valence electrons. The molecular formula is C12H15BrN2O2. The van der Waals surface area contributed by atoms with Crippen molar-refractivity contribution in [2.75, 3.05) is 25.5 Å². The molecule has 17 heavy (non-hydrogen) atoms. The van der Waals surface area contributed by atoms with Gasteiger partial charge in [-0.3, -0.25) is 0 Å². The summed E-state index contributed by atoms with van der Waals surface area (Å²) in [5, 5.41) is 2.88. The fourth-order valence-corrected chi connectivity index (χ4v) is 2.41. The van der Waals surface area contributed by atoms with Gasteiger partial charge in [-0.15, -0.1) is 0 Å². The van der Waals surface area contributed by atoms with Crippen molar-refractivity contribution in [3.05, 3.63) is 22.7 Å². The third-order valence-corrected chi connectivity index (χ3v) is 3.42. The summed E-state index contributed by atoms with van der Waals surface area (Å²) in [6.07, 6.45) is 2.19. The van der Waals surface area contributed by atoms with Gasteiger partial charge in [-0.25, -0.2) is 4.79 Å². The molecule has 1 N–H and O–H groups in total. The van der Waals surface area contributed by atoms with E-state index < -0.39 is 0 Å². The quantitative estimate of drug-likeness (QED) is 0.911. The van der Waals surface area contributed by atoms with Crippen molar-refractivity contribution in [1.29, 1.82) is 0 Å². The van der Waals surface area contributed by atoms with Crippen LogP contribution in [0.1, 0.15) is 12.8 Å². The number of halogens is 1. The van der Waals surface area contributed by atoms with E-state index >= 15 is 0 Å². The molecule has 1 saturated heterocycles. The summed E-state index contributed by atoms with van der Waals surface area (Å²) in [6.45, 7) is 1.70. The zero-order chi connectivity index (χ0) is 12.3. The van der Waals surface area contributed by atoms with E-state index in [-0.39, 0.29) is 6.03 Å². The summed E-state index contributed by atoms with van der Waals surface area (Å²) in [4.78, 5) is 13.7. The largest absolute Gasteiger partial charge is 0.496 e. The minimum atomic E-state index is -0.0282. The first-order chi connectivity index (χ1) is 8.20. The molecule has 0 saturated carbocycles. The van der Waals surface area contributed by atoms with Gasteiger partial charge in [0.25, 0.3) is 0 Å². The monoisotopic (exact) mass is 298 g/mol. The van der Waals surface area contributed by atoms with E-state index in [1.165, 1.54) is 0 Å². The highest BCUT2D eigenvalue weighted by molar-refractivity contribution is 9.10. The minimum absolute atomic E-state index is 0.0282. The fraction of sp³-hybridized carbons (Fsp3) is 0.417. The molecule has 1 aliphatic heterocycles. The van der Waals surface area contributed by atoms with E-state index in [2.05, 4.69) is 21.2 Å². The Morgan fingerprint density at radius 3 is 2.71 bits per heavy atom. The first-order valence-electron chi connectivity index (χ1n) is 5.60. The van der Waals surface area contributed by atoms with E-state index in [0.29, 0.717) is 0 Å². The van der Waals surface area contributed by atoms with Gasteiger partial charge in [0.1, 0.15) is 5.75 Å². The fourth-order valence-electron chi connectivity index (χ4n) is 1.87. The lowest BCUT2D eigenvalue weighted by Gasteiger charge is -2.16. The van der Waals surface area contributed by atoms with Crippen molar-refractivity contribution in [2.24, 2.45) is 0 Å². The number of anilines is 1. The Balaban J connectivity index is 2.03. The standard InChI is InChI=1S/C12H15BrN2O2/c1-17-11-5-4-9(8-10(11)13)14-12(16)15-6-2-3-7-15/h4-5,8H,2-3,6-7H2,1H3,(H,14,16). The third kappa shape index (κ3) is 2.91. The molecule has 0 atom stereocenters. The molecule has 4 nitrogen and oxygen atoms in total. The summed E-state index contributed by atoms with van der Waals surface area (Å²) in [7, 11) is 1.61. The highest BCUT2D eigenvalue weighted by Gasteiger charge is 2.17. The number of nitrogens with one attached hydrogen (secondary N) is 1. The number of carbonyl (C=O) groups is 1. The van der Waals surface area contributed by atoms with Crippen LogP contribution in [-0.4, -0.2) is 31.1 Å². The van der Waals surface area contributed by atoms with Crippen LogP contribution in [0.15, 0.2) is 22.7 Å². The number of carbonyl (C=O) groups excluding carboxylic acids is 1. The van der Waals surface area contributed by atoms with Gasteiger partial charge in [-0.2, -0.15) is 0 Å². The summed E-state index contributed by atoms with van der Waals surface area (Å²) < 4.78 is 5.97. The Kier molecular flexibility index (Phi) is 3.89. The maximum absolute atomic E-state index is 11.8. The number of likely N-dealkylation sites (tertiary alicyclic amines) is 1. The van der Waals surface area contributed by atoms with E-state index in [1.54, 1.807) is 7.11 Å². The zero-order valence-corrected chi connectivity index (χ0v) is 11.3. The Bertz CT molecular complexity index is 417. The first kappa shape index (κ1) is 12.2. The lowest BCUT2D eigenvalue weighted by molar-refractivity contribution is 0.222.